The van der Waals surface area contributed by atoms with Crippen LogP contribution in [0.3, 0.4) is 0 Å². The minimum absolute atomic E-state index is 0.0265. The number of esters is 1. The van der Waals surface area contributed by atoms with E-state index < -0.39 is 0 Å². The van der Waals surface area contributed by atoms with Crippen LogP contribution in [-0.2, 0) is 16.1 Å². The maximum atomic E-state index is 12.4. The molecule has 1 saturated carbocycles. The lowest BCUT2D eigenvalue weighted by molar-refractivity contribution is -0.140. The molecule has 0 radical (unpaired) electrons. The molecule has 2 fully saturated rings. The minimum atomic E-state index is -0.0970. The van der Waals surface area contributed by atoms with Gasteiger partial charge in [-0.05, 0) is 61.0 Å². The third kappa shape index (κ3) is 2.94. The van der Waals surface area contributed by atoms with Gasteiger partial charge in [0.25, 0.3) is 5.91 Å². The molecule has 0 bridgehead atoms. The summed E-state index contributed by atoms with van der Waals surface area (Å²) in [5, 5.41) is -0.0265. The number of carbonyl (C=O) groups is 2. The number of fused-ring (bicyclic) bond motifs is 1. The summed E-state index contributed by atoms with van der Waals surface area (Å²) in [6, 6.07) is 6.86. The van der Waals surface area contributed by atoms with Gasteiger partial charge in [-0.15, -0.1) is 11.8 Å². The molecule has 0 N–H and O–H groups in total. The van der Waals surface area contributed by atoms with Crippen molar-refractivity contribution in [2.75, 3.05) is 12.9 Å². The Kier molecular flexibility index (Phi) is 4.29. The highest BCUT2D eigenvalue weighted by Gasteiger charge is 2.38. The zero-order valence-corrected chi connectivity index (χ0v) is 14.8. The van der Waals surface area contributed by atoms with Gasteiger partial charge in [0, 0.05) is 18.2 Å². The molecular formula is C19H23NO3S. The van der Waals surface area contributed by atoms with Crippen molar-refractivity contribution < 1.29 is 14.3 Å². The van der Waals surface area contributed by atoms with Crippen LogP contribution < -0.4 is 0 Å². The quantitative estimate of drug-likeness (QED) is 0.788. The van der Waals surface area contributed by atoms with Gasteiger partial charge in [-0.2, -0.15) is 0 Å². The van der Waals surface area contributed by atoms with Crippen LogP contribution in [0.4, 0.5) is 0 Å². The predicted molar refractivity (Wildman–Crippen MR) is 94.2 cm³/mol. The highest BCUT2D eigenvalue weighted by molar-refractivity contribution is 8.00. The fourth-order valence-electron chi connectivity index (χ4n) is 3.88. The Hall–Kier alpha value is -1.49. The van der Waals surface area contributed by atoms with Crippen molar-refractivity contribution in [3.8, 4) is 0 Å². The van der Waals surface area contributed by atoms with Crippen LogP contribution in [0.25, 0.3) is 0 Å². The number of amides is 1. The Bertz CT molecular complexity index is 671. The van der Waals surface area contributed by atoms with E-state index in [4.69, 9.17) is 4.74 Å². The molecule has 4 rings (SSSR count). The predicted octanol–water partition coefficient (Wildman–Crippen LogP) is 3.35. The second-order valence-corrected chi connectivity index (χ2v) is 8.34. The first-order valence-electron chi connectivity index (χ1n) is 8.80. The highest BCUT2D eigenvalue weighted by atomic mass is 32.2. The first-order chi connectivity index (χ1) is 11.7. The van der Waals surface area contributed by atoms with Crippen LogP contribution in [0.5, 0.6) is 0 Å². The molecule has 3 aliphatic rings. The Morgan fingerprint density at radius 2 is 2.04 bits per heavy atom. The van der Waals surface area contributed by atoms with E-state index in [0.29, 0.717) is 12.0 Å². The molecule has 1 aliphatic carbocycles. The molecule has 2 heterocycles. The molecule has 128 valence electrons. The summed E-state index contributed by atoms with van der Waals surface area (Å²) in [6.45, 7) is 0.777. The summed E-state index contributed by atoms with van der Waals surface area (Å²) in [6.07, 6.45) is 5.26. The smallest absolute Gasteiger partial charge is 0.318 e. The van der Waals surface area contributed by atoms with Gasteiger partial charge in [-0.3, -0.25) is 9.59 Å². The fourth-order valence-corrected chi connectivity index (χ4v) is 5.12. The van der Waals surface area contributed by atoms with E-state index in [2.05, 4.69) is 12.1 Å². The van der Waals surface area contributed by atoms with Gasteiger partial charge in [0.15, 0.2) is 0 Å². The number of ether oxygens (including phenoxy) is 1. The van der Waals surface area contributed by atoms with Crippen molar-refractivity contribution >= 4 is 23.6 Å². The van der Waals surface area contributed by atoms with E-state index in [9.17, 15) is 9.59 Å². The maximum Gasteiger partial charge on any atom is 0.318 e. The molecule has 24 heavy (non-hydrogen) atoms. The number of thioether (sulfide) groups is 1. The lowest BCUT2D eigenvalue weighted by atomic mass is 9.89. The number of carbonyl (C=O) groups excluding carboxylic acids is 2. The van der Waals surface area contributed by atoms with E-state index in [1.54, 1.807) is 11.8 Å². The van der Waals surface area contributed by atoms with E-state index >= 15 is 0 Å². The Morgan fingerprint density at radius 3 is 2.79 bits per heavy atom. The first kappa shape index (κ1) is 16.0. The molecule has 1 amide bonds. The van der Waals surface area contributed by atoms with E-state index in [1.807, 2.05) is 11.0 Å². The van der Waals surface area contributed by atoms with Crippen LogP contribution in [-0.4, -0.2) is 40.9 Å². The summed E-state index contributed by atoms with van der Waals surface area (Å²) >= 11 is 1.72. The summed E-state index contributed by atoms with van der Waals surface area (Å²) in [4.78, 5) is 26.2. The monoisotopic (exact) mass is 345 g/mol. The van der Waals surface area contributed by atoms with E-state index in [1.165, 1.54) is 18.2 Å². The van der Waals surface area contributed by atoms with Crippen LogP contribution >= 0.6 is 11.8 Å². The molecule has 1 aromatic rings. The molecule has 2 aliphatic heterocycles. The topological polar surface area (TPSA) is 46.6 Å². The average Bonchev–Trinajstić information content (AvgIpc) is 3.41. The zero-order chi connectivity index (χ0) is 16.7. The van der Waals surface area contributed by atoms with E-state index in [-0.39, 0.29) is 17.1 Å². The number of hydrogen-bond acceptors (Lipinski definition) is 4. The van der Waals surface area contributed by atoms with Crippen molar-refractivity contribution in [2.24, 2.45) is 0 Å². The number of methoxy groups -OCH3 is 1. The average molecular weight is 345 g/mol. The molecule has 2 unspecified atom stereocenters. The van der Waals surface area contributed by atoms with Crippen molar-refractivity contribution in [2.45, 2.75) is 55.9 Å². The standard InChI is InChI=1S/C19H23NO3S/c1-23-19(22)17-7-3-12(8-9-24-17)13-2-6-16-14(10-13)11-20(18(16)21)15-4-5-15/h2,6,10,12,15,17H,3-5,7-9,11H2,1H3. The highest BCUT2D eigenvalue weighted by Crippen LogP contribution is 2.38. The van der Waals surface area contributed by atoms with Gasteiger partial charge in [0.1, 0.15) is 5.25 Å². The van der Waals surface area contributed by atoms with Gasteiger partial charge < -0.3 is 9.64 Å². The lowest BCUT2D eigenvalue weighted by Gasteiger charge is -2.15. The third-order valence-corrected chi connectivity index (χ3v) is 6.75. The number of hydrogen-bond donors (Lipinski definition) is 0. The SMILES string of the molecule is COC(=O)C1CCC(c2ccc3c(c2)CN(C2CC2)C3=O)CCS1. The summed E-state index contributed by atoms with van der Waals surface area (Å²) < 4.78 is 4.90. The Balaban J connectivity index is 1.49. The molecular weight excluding hydrogens is 322 g/mol. The molecule has 4 nitrogen and oxygen atoms in total. The van der Waals surface area contributed by atoms with Crippen molar-refractivity contribution in [3.05, 3.63) is 34.9 Å². The normalized spacial score (nSPS) is 26.9. The number of rotatable bonds is 3. The Labute approximate surface area is 146 Å². The van der Waals surface area contributed by atoms with Gasteiger partial charge in [-0.25, -0.2) is 0 Å². The van der Waals surface area contributed by atoms with Gasteiger partial charge in [0.05, 0.1) is 7.11 Å². The second kappa shape index (κ2) is 6.43. The van der Waals surface area contributed by atoms with Crippen molar-refractivity contribution in [1.29, 1.82) is 0 Å². The van der Waals surface area contributed by atoms with Crippen molar-refractivity contribution in [1.82, 2.24) is 4.90 Å². The largest absolute Gasteiger partial charge is 0.468 e. The zero-order valence-electron chi connectivity index (χ0n) is 14.0. The second-order valence-electron chi connectivity index (χ2n) is 7.03. The van der Waals surface area contributed by atoms with Crippen LogP contribution in [0, 0.1) is 0 Å². The Morgan fingerprint density at radius 1 is 1.21 bits per heavy atom. The van der Waals surface area contributed by atoms with Gasteiger partial charge in [-0.1, -0.05) is 12.1 Å². The van der Waals surface area contributed by atoms with Crippen LogP contribution in [0.15, 0.2) is 18.2 Å². The van der Waals surface area contributed by atoms with Gasteiger partial charge in [0.2, 0.25) is 0 Å². The molecule has 5 heteroatoms. The maximum absolute atomic E-state index is 12.4. The molecule has 1 aromatic carbocycles. The summed E-state index contributed by atoms with van der Waals surface area (Å²) in [7, 11) is 1.47. The first-order valence-corrected chi connectivity index (χ1v) is 9.85. The molecule has 1 saturated heterocycles. The van der Waals surface area contributed by atoms with Gasteiger partial charge >= 0.3 is 5.97 Å². The summed E-state index contributed by atoms with van der Waals surface area (Å²) in [5.74, 6) is 1.57. The molecule has 2 atom stereocenters. The molecule has 0 spiro atoms. The lowest BCUT2D eigenvalue weighted by Crippen LogP contribution is -2.25. The van der Waals surface area contributed by atoms with E-state index in [0.717, 1.165) is 50.0 Å². The van der Waals surface area contributed by atoms with Crippen molar-refractivity contribution in [3.63, 3.8) is 0 Å². The minimum Gasteiger partial charge on any atom is -0.468 e. The number of benzene rings is 1. The van der Waals surface area contributed by atoms with Crippen LogP contribution in [0.1, 0.15) is 59.5 Å². The third-order valence-electron chi connectivity index (χ3n) is 5.45. The fraction of sp³-hybridized carbons (Fsp3) is 0.579. The molecule has 0 aromatic heterocycles. The number of nitrogens with zero attached hydrogens (tertiary/aromatic N) is 1. The summed E-state index contributed by atoms with van der Waals surface area (Å²) in [5.41, 5.74) is 3.40. The van der Waals surface area contributed by atoms with Crippen LogP contribution in [0.2, 0.25) is 0 Å².